The minimum atomic E-state index is -0.209. The zero-order valence-corrected chi connectivity index (χ0v) is 19.9. The maximum atomic E-state index is 12.5. The van der Waals surface area contributed by atoms with E-state index in [1.165, 1.54) is 4.90 Å². The maximum absolute atomic E-state index is 12.5. The summed E-state index contributed by atoms with van der Waals surface area (Å²) in [5, 5.41) is 9.66. The van der Waals surface area contributed by atoms with E-state index in [2.05, 4.69) is 15.2 Å². The Morgan fingerprint density at radius 1 is 0.857 bits per heavy atom. The second-order valence-corrected chi connectivity index (χ2v) is 9.00. The van der Waals surface area contributed by atoms with Crippen LogP contribution in [-0.2, 0) is 0 Å². The van der Waals surface area contributed by atoms with Gasteiger partial charge in [-0.15, -0.1) is 10.2 Å². The summed E-state index contributed by atoms with van der Waals surface area (Å²) in [5.74, 6) is 1.85. The van der Waals surface area contributed by atoms with E-state index in [4.69, 9.17) is 4.74 Å². The van der Waals surface area contributed by atoms with Crippen molar-refractivity contribution in [2.24, 2.45) is 0 Å². The van der Waals surface area contributed by atoms with Crippen LogP contribution in [0.2, 0.25) is 0 Å². The van der Waals surface area contributed by atoms with Crippen LogP contribution in [-0.4, -0.2) is 55.9 Å². The Hall–Kier alpha value is -3.98. The van der Waals surface area contributed by atoms with Gasteiger partial charge in [-0.05, 0) is 61.4 Å². The van der Waals surface area contributed by atoms with Crippen molar-refractivity contribution in [3.05, 3.63) is 84.2 Å². The van der Waals surface area contributed by atoms with Crippen molar-refractivity contribution >= 4 is 23.6 Å². The lowest BCUT2D eigenvalue weighted by Gasteiger charge is -2.13. The first-order chi connectivity index (χ1) is 17.2. The fourth-order valence-corrected chi connectivity index (χ4v) is 4.94. The average molecular weight is 486 g/mol. The van der Waals surface area contributed by atoms with Crippen LogP contribution >= 0.6 is 11.8 Å². The number of thioether (sulfide) groups is 1. The van der Waals surface area contributed by atoms with Crippen molar-refractivity contribution in [2.45, 2.75) is 18.0 Å². The highest BCUT2D eigenvalue weighted by Gasteiger charge is 2.34. The van der Waals surface area contributed by atoms with E-state index in [1.54, 1.807) is 55.5 Å². The van der Waals surface area contributed by atoms with Crippen LogP contribution in [0.5, 0.6) is 5.75 Å². The smallest absolute Gasteiger partial charge is 0.261 e. The molecule has 0 unspecified atom stereocenters. The lowest BCUT2D eigenvalue weighted by molar-refractivity contribution is 0.0652. The van der Waals surface area contributed by atoms with E-state index in [9.17, 15) is 9.59 Å². The van der Waals surface area contributed by atoms with Gasteiger partial charge in [0.2, 0.25) is 0 Å². The molecule has 0 atom stereocenters. The number of carbonyl (C=O) groups excluding carboxylic acids is 2. The van der Waals surface area contributed by atoms with Gasteiger partial charge in [0.25, 0.3) is 11.8 Å². The van der Waals surface area contributed by atoms with Crippen molar-refractivity contribution in [1.82, 2.24) is 24.6 Å². The van der Waals surface area contributed by atoms with Crippen molar-refractivity contribution in [2.75, 3.05) is 19.4 Å². The molecule has 0 saturated carbocycles. The third kappa shape index (κ3) is 4.54. The number of ether oxygens (including phenoxy) is 1. The van der Waals surface area contributed by atoms with E-state index in [1.807, 2.05) is 41.0 Å². The van der Waals surface area contributed by atoms with Crippen molar-refractivity contribution in [3.63, 3.8) is 0 Å². The topological polar surface area (TPSA) is 90.2 Å². The van der Waals surface area contributed by atoms with Gasteiger partial charge in [-0.2, -0.15) is 0 Å². The number of hydrogen-bond donors (Lipinski definition) is 0. The van der Waals surface area contributed by atoms with Crippen molar-refractivity contribution < 1.29 is 14.3 Å². The van der Waals surface area contributed by atoms with Gasteiger partial charge in [-0.25, -0.2) is 0 Å². The maximum Gasteiger partial charge on any atom is 0.261 e. The summed E-state index contributed by atoms with van der Waals surface area (Å²) < 4.78 is 7.31. The molecule has 5 rings (SSSR count). The largest absolute Gasteiger partial charge is 0.497 e. The molecule has 1 aliphatic rings. The second kappa shape index (κ2) is 10.1. The molecule has 4 aromatic rings. The highest BCUT2D eigenvalue weighted by Crippen LogP contribution is 2.29. The van der Waals surface area contributed by atoms with Gasteiger partial charge in [-0.1, -0.05) is 23.9 Å². The second-order valence-electron chi connectivity index (χ2n) is 7.94. The molecule has 0 aliphatic carbocycles. The highest BCUT2D eigenvalue weighted by molar-refractivity contribution is 7.99. The lowest BCUT2D eigenvalue weighted by Crippen LogP contribution is -2.30. The van der Waals surface area contributed by atoms with Crippen LogP contribution in [0.25, 0.3) is 17.1 Å². The molecule has 35 heavy (non-hydrogen) atoms. The Morgan fingerprint density at radius 2 is 1.54 bits per heavy atom. The number of pyridine rings is 1. The number of carbonyl (C=O) groups is 2. The third-order valence-electron chi connectivity index (χ3n) is 5.79. The Bertz CT molecular complexity index is 1320. The molecule has 2 aromatic carbocycles. The van der Waals surface area contributed by atoms with Crippen LogP contribution < -0.4 is 4.74 Å². The number of methoxy groups -OCH3 is 1. The summed E-state index contributed by atoms with van der Waals surface area (Å²) in [6.45, 7) is 0.403. The molecule has 0 bridgehead atoms. The molecule has 0 fully saturated rings. The molecule has 0 N–H and O–H groups in total. The monoisotopic (exact) mass is 485 g/mol. The zero-order chi connectivity index (χ0) is 24.2. The Balaban J connectivity index is 1.26. The number of rotatable bonds is 9. The minimum Gasteiger partial charge on any atom is -0.497 e. The molecular formula is C26H23N5O3S. The number of fused-ring (bicyclic) bond motifs is 1. The number of nitrogens with zero attached hydrogens (tertiary/aromatic N) is 5. The number of amides is 2. The van der Waals surface area contributed by atoms with Gasteiger partial charge in [0.05, 0.1) is 18.2 Å². The Labute approximate surface area is 207 Å². The van der Waals surface area contributed by atoms with E-state index in [-0.39, 0.29) is 11.8 Å². The van der Waals surface area contributed by atoms with Gasteiger partial charge in [0, 0.05) is 35.9 Å². The van der Waals surface area contributed by atoms with Gasteiger partial charge in [0.1, 0.15) is 5.75 Å². The molecule has 0 radical (unpaired) electrons. The molecule has 176 valence electrons. The Kier molecular flexibility index (Phi) is 6.58. The number of imide groups is 1. The molecule has 2 amide bonds. The number of aromatic nitrogens is 4. The standard InChI is InChI=1S/C26H23N5O3S/c1-34-20-10-8-19(9-11-20)31-23(18-12-14-27-15-13-18)28-29-26(31)35-17-5-4-16-30-24(32)21-6-2-3-7-22(21)25(30)33/h2-3,6-15H,4-5,16-17H2,1H3. The van der Waals surface area contributed by atoms with E-state index >= 15 is 0 Å². The zero-order valence-electron chi connectivity index (χ0n) is 19.1. The summed E-state index contributed by atoms with van der Waals surface area (Å²) >= 11 is 1.59. The normalized spacial score (nSPS) is 12.8. The first kappa shape index (κ1) is 22.8. The summed E-state index contributed by atoms with van der Waals surface area (Å²) in [7, 11) is 1.64. The quantitative estimate of drug-likeness (QED) is 0.196. The summed E-state index contributed by atoms with van der Waals surface area (Å²) in [6.07, 6.45) is 4.99. The lowest BCUT2D eigenvalue weighted by atomic mass is 10.1. The number of unbranched alkanes of at least 4 members (excludes halogenated alkanes) is 1. The van der Waals surface area contributed by atoms with Crippen LogP contribution in [0, 0.1) is 0 Å². The molecule has 2 aromatic heterocycles. The minimum absolute atomic E-state index is 0.209. The van der Waals surface area contributed by atoms with Crippen molar-refractivity contribution in [3.8, 4) is 22.8 Å². The third-order valence-corrected chi connectivity index (χ3v) is 6.80. The van der Waals surface area contributed by atoms with E-state index in [0.29, 0.717) is 24.1 Å². The molecule has 3 heterocycles. The highest BCUT2D eigenvalue weighted by atomic mass is 32.2. The predicted molar refractivity (Wildman–Crippen MR) is 133 cm³/mol. The van der Waals surface area contributed by atoms with Gasteiger partial charge in [0.15, 0.2) is 11.0 Å². The Morgan fingerprint density at radius 3 is 2.20 bits per heavy atom. The molecule has 0 saturated heterocycles. The summed E-state index contributed by atoms with van der Waals surface area (Å²) in [4.78, 5) is 30.5. The number of hydrogen-bond acceptors (Lipinski definition) is 7. The number of benzene rings is 2. The first-order valence-electron chi connectivity index (χ1n) is 11.3. The van der Waals surface area contributed by atoms with E-state index < -0.39 is 0 Å². The molecule has 0 spiro atoms. The van der Waals surface area contributed by atoms with Gasteiger partial charge < -0.3 is 4.74 Å². The molecule has 1 aliphatic heterocycles. The van der Waals surface area contributed by atoms with Crippen molar-refractivity contribution in [1.29, 1.82) is 0 Å². The van der Waals surface area contributed by atoms with Crippen LogP contribution in [0.3, 0.4) is 0 Å². The van der Waals surface area contributed by atoms with E-state index in [0.717, 1.165) is 40.2 Å². The average Bonchev–Trinajstić information content (AvgIpc) is 3.44. The van der Waals surface area contributed by atoms with Crippen LogP contribution in [0.1, 0.15) is 33.6 Å². The molecular weight excluding hydrogens is 462 g/mol. The predicted octanol–water partition coefficient (Wildman–Crippen LogP) is 4.51. The first-order valence-corrected chi connectivity index (χ1v) is 12.2. The van der Waals surface area contributed by atoms with Gasteiger partial charge in [-0.3, -0.25) is 24.0 Å². The van der Waals surface area contributed by atoms with Crippen LogP contribution in [0.4, 0.5) is 0 Å². The summed E-state index contributed by atoms with van der Waals surface area (Å²) in [6, 6.07) is 18.5. The molecule has 9 heteroatoms. The van der Waals surface area contributed by atoms with Gasteiger partial charge >= 0.3 is 0 Å². The van der Waals surface area contributed by atoms with Crippen LogP contribution in [0.15, 0.2) is 78.2 Å². The SMILES string of the molecule is COc1ccc(-n2c(SCCCCN3C(=O)c4ccccc4C3=O)nnc2-c2ccncc2)cc1. The molecule has 8 nitrogen and oxygen atoms in total. The summed E-state index contributed by atoms with van der Waals surface area (Å²) in [5.41, 5.74) is 2.82. The fraction of sp³-hybridized carbons (Fsp3) is 0.192. The fourth-order valence-electron chi connectivity index (χ4n) is 3.99.